The van der Waals surface area contributed by atoms with Crippen LogP contribution in [0.3, 0.4) is 0 Å². The molecule has 0 atom stereocenters. The summed E-state index contributed by atoms with van der Waals surface area (Å²) in [6.45, 7) is 1.90. The molecular formula is C24H22FN3O7S. The van der Waals surface area contributed by atoms with Gasteiger partial charge in [-0.25, -0.2) is 19.0 Å². The number of fused-ring (bicyclic) bond motifs is 1. The van der Waals surface area contributed by atoms with Crippen molar-refractivity contribution in [3.05, 3.63) is 52.8 Å². The average molecular weight is 516 g/mol. The topological polar surface area (TPSA) is 125 Å². The Morgan fingerprint density at radius 1 is 1.11 bits per heavy atom. The molecule has 0 unspecified atom stereocenters. The molecule has 1 aliphatic heterocycles. The van der Waals surface area contributed by atoms with Gasteiger partial charge in [-0.05, 0) is 31.2 Å². The molecule has 0 bridgehead atoms. The van der Waals surface area contributed by atoms with Crippen molar-refractivity contribution >= 4 is 34.9 Å². The molecule has 36 heavy (non-hydrogen) atoms. The van der Waals surface area contributed by atoms with Crippen molar-refractivity contribution in [2.45, 2.75) is 13.3 Å². The smallest absolute Gasteiger partial charge is 0.350 e. The number of urea groups is 1. The first kappa shape index (κ1) is 24.9. The van der Waals surface area contributed by atoms with Crippen LogP contribution in [0.4, 0.5) is 14.9 Å². The van der Waals surface area contributed by atoms with E-state index in [1.807, 2.05) is 0 Å². The van der Waals surface area contributed by atoms with E-state index in [0.29, 0.717) is 41.8 Å². The Morgan fingerprint density at radius 3 is 2.64 bits per heavy atom. The largest absolute Gasteiger partial charge is 0.497 e. The lowest BCUT2D eigenvalue weighted by atomic mass is 10.2. The normalized spacial score (nSPS) is 12.3. The predicted octanol–water partition coefficient (Wildman–Crippen LogP) is 3.93. The highest BCUT2D eigenvalue weighted by molar-refractivity contribution is 7.17. The van der Waals surface area contributed by atoms with Gasteiger partial charge in [0, 0.05) is 29.8 Å². The van der Waals surface area contributed by atoms with Gasteiger partial charge in [0.05, 0.1) is 26.0 Å². The number of carbonyl (C=O) groups is 3. The zero-order valence-electron chi connectivity index (χ0n) is 19.4. The highest BCUT2D eigenvalue weighted by Gasteiger charge is 2.21. The summed E-state index contributed by atoms with van der Waals surface area (Å²) in [7, 11) is 1.43. The Kier molecular flexibility index (Phi) is 7.64. The quantitative estimate of drug-likeness (QED) is 0.473. The first-order valence-corrected chi connectivity index (χ1v) is 11.6. The van der Waals surface area contributed by atoms with Crippen LogP contribution < -0.4 is 24.8 Å². The number of carbonyl (C=O) groups excluding carboxylic acids is 3. The second-order valence-corrected chi connectivity index (χ2v) is 8.57. The van der Waals surface area contributed by atoms with E-state index >= 15 is 0 Å². The molecule has 2 aromatic carbocycles. The van der Waals surface area contributed by atoms with Crippen LogP contribution in [0.5, 0.6) is 17.2 Å². The molecule has 0 saturated carbocycles. The number of benzene rings is 2. The van der Waals surface area contributed by atoms with E-state index < -0.39 is 30.3 Å². The second-order valence-electron chi connectivity index (χ2n) is 7.57. The molecule has 3 amide bonds. The maximum atomic E-state index is 14.4. The summed E-state index contributed by atoms with van der Waals surface area (Å²) in [4.78, 5) is 41.1. The minimum Gasteiger partial charge on any atom is -0.497 e. The minimum absolute atomic E-state index is 0.115. The third-order valence-electron chi connectivity index (χ3n) is 4.98. The molecule has 0 saturated heterocycles. The minimum atomic E-state index is -0.834. The first-order chi connectivity index (χ1) is 17.3. The van der Waals surface area contributed by atoms with Gasteiger partial charge in [-0.2, -0.15) is 0 Å². The summed E-state index contributed by atoms with van der Waals surface area (Å²) in [5, 5.41) is 4.86. The van der Waals surface area contributed by atoms with Gasteiger partial charge in [0.25, 0.3) is 5.91 Å². The number of rotatable bonds is 6. The highest BCUT2D eigenvalue weighted by atomic mass is 32.1. The Bertz CT molecular complexity index is 1310. The SMILES string of the molecule is COc1ccc(-c2nc(C)c(C(=O)OCC(=O)NC(=O)Nc3ccc4c(c3)OCCCO4)s2)c(F)c1. The van der Waals surface area contributed by atoms with Gasteiger partial charge in [-0.3, -0.25) is 10.1 Å². The number of aromatic nitrogens is 1. The molecule has 0 radical (unpaired) electrons. The lowest BCUT2D eigenvalue weighted by Crippen LogP contribution is -2.37. The third kappa shape index (κ3) is 5.89. The Morgan fingerprint density at radius 2 is 1.89 bits per heavy atom. The molecule has 12 heteroatoms. The monoisotopic (exact) mass is 515 g/mol. The molecule has 2 N–H and O–H groups in total. The molecule has 0 aliphatic carbocycles. The van der Waals surface area contributed by atoms with Crippen molar-refractivity contribution < 1.29 is 37.7 Å². The first-order valence-electron chi connectivity index (χ1n) is 10.8. The molecule has 1 aliphatic rings. The van der Waals surface area contributed by atoms with Crippen LogP contribution in [0.25, 0.3) is 10.6 Å². The second kappa shape index (κ2) is 11.0. The molecule has 1 aromatic heterocycles. The standard InChI is InChI=1S/C24H22FN3O7S/c1-13-21(36-22(26-13)16-6-5-15(32-2)11-17(16)25)23(30)35-12-20(29)28-24(31)27-14-4-7-18-19(10-14)34-9-3-8-33-18/h4-7,10-11H,3,8-9,12H2,1-2H3,(H2,27,28,29,31). The van der Waals surface area contributed by atoms with Gasteiger partial charge in [0.1, 0.15) is 21.5 Å². The number of thiazole rings is 1. The Hall–Kier alpha value is -4.19. The lowest BCUT2D eigenvalue weighted by molar-refractivity contribution is -0.123. The van der Waals surface area contributed by atoms with Crippen LogP contribution in [0, 0.1) is 12.7 Å². The van der Waals surface area contributed by atoms with E-state index in [0.717, 1.165) is 17.8 Å². The van der Waals surface area contributed by atoms with Gasteiger partial charge in [-0.1, -0.05) is 0 Å². The predicted molar refractivity (Wildman–Crippen MR) is 128 cm³/mol. The summed E-state index contributed by atoms with van der Waals surface area (Å²) < 4.78 is 35.5. The van der Waals surface area contributed by atoms with E-state index in [1.165, 1.54) is 19.2 Å². The number of methoxy groups -OCH3 is 1. The van der Waals surface area contributed by atoms with Crippen LogP contribution in [0.15, 0.2) is 36.4 Å². The average Bonchev–Trinajstić information content (AvgIpc) is 3.08. The van der Waals surface area contributed by atoms with Crippen LogP contribution in [0.2, 0.25) is 0 Å². The van der Waals surface area contributed by atoms with E-state index in [9.17, 15) is 18.8 Å². The summed E-state index contributed by atoms with van der Waals surface area (Å²) in [6.07, 6.45) is 0.742. The molecule has 10 nitrogen and oxygen atoms in total. The zero-order valence-corrected chi connectivity index (χ0v) is 20.2. The lowest BCUT2D eigenvalue weighted by Gasteiger charge is -2.11. The number of imide groups is 1. The summed E-state index contributed by atoms with van der Waals surface area (Å²) in [5.41, 5.74) is 0.912. The molecule has 2 heterocycles. The van der Waals surface area contributed by atoms with E-state index in [2.05, 4.69) is 15.6 Å². The number of nitrogens with one attached hydrogen (secondary N) is 2. The number of halogens is 1. The third-order valence-corrected chi connectivity index (χ3v) is 6.15. The number of anilines is 1. The van der Waals surface area contributed by atoms with Gasteiger partial charge < -0.3 is 24.3 Å². The number of amides is 3. The fourth-order valence-electron chi connectivity index (χ4n) is 3.26. The number of hydrogen-bond acceptors (Lipinski definition) is 9. The number of aryl methyl sites for hydroxylation is 1. The molecule has 3 aromatic rings. The zero-order chi connectivity index (χ0) is 25.7. The summed E-state index contributed by atoms with van der Waals surface area (Å²) >= 11 is 0.929. The molecular weight excluding hydrogens is 493 g/mol. The van der Waals surface area contributed by atoms with Crippen molar-refractivity contribution in [1.82, 2.24) is 10.3 Å². The fourth-order valence-corrected chi connectivity index (χ4v) is 4.25. The van der Waals surface area contributed by atoms with Crippen molar-refractivity contribution in [1.29, 1.82) is 0 Å². The van der Waals surface area contributed by atoms with Crippen molar-refractivity contribution in [2.24, 2.45) is 0 Å². The Labute approximate surface area is 209 Å². The number of nitrogens with zero attached hydrogens (tertiary/aromatic N) is 1. The van der Waals surface area contributed by atoms with Gasteiger partial charge in [0.2, 0.25) is 0 Å². The maximum absolute atomic E-state index is 14.4. The molecule has 0 spiro atoms. The van der Waals surface area contributed by atoms with E-state index in [1.54, 1.807) is 31.2 Å². The maximum Gasteiger partial charge on any atom is 0.350 e. The highest BCUT2D eigenvalue weighted by Crippen LogP contribution is 2.33. The van der Waals surface area contributed by atoms with Crippen LogP contribution in [-0.4, -0.2) is 49.8 Å². The Balaban J connectivity index is 1.31. The van der Waals surface area contributed by atoms with Gasteiger partial charge >= 0.3 is 12.0 Å². The summed E-state index contributed by atoms with van der Waals surface area (Å²) in [5.74, 6) is -0.801. The summed E-state index contributed by atoms with van der Waals surface area (Å²) in [6, 6.07) is 8.33. The number of esters is 1. The van der Waals surface area contributed by atoms with Gasteiger partial charge in [-0.15, -0.1) is 11.3 Å². The van der Waals surface area contributed by atoms with Crippen molar-refractivity contribution in [2.75, 3.05) is 32.2 Å². The van der Waals surface area contributed by atoms with Crippen LogP contribution in [-0.2, 0) is 9.53 Å². The molecule has 0 fully saturated rings. The van der Waals surface area contributed by atoms with Crippen molar-refractivity contribution in [3.63, 3.8) is 0 Å². The van der Waals surface area contributed by atoms with E-state index in [-0.39, 0.29) is 15.4 Å². The fraction of sp³-hybridized carbons (Fsp3) is 0.250. The molecule has 4 rings (SSSR count). The van der Waals surface area contributed by atoms with Crippen molar-refractivity contribution in [3.8, 4) is 27.8 Å². The molecule has 188 valence electrons. The van der Waals surface area contributed by atoms with E-state index in [4.69, 9.17) is 18.9 Å². The number of hydrogen-bond donors (Lipinski definition) is 2. The van der Waals surface area contributed by atoms with Crippen LogP contribution in [0.1, 0.15) is 21.8 Å². The van der Waals surface area contributed by atoms with Crippen LogP contribution >= 0.6 is 11.3 Å². The van der Waals surface area contributed by atoms with Gasteiger partial charge in [0.15, 0.2) is 18.1 Å². The number of ether oxygens (including phenoxy) is 4.